The van der Waals surface area contributed by atoms with Crippen molar-refractivity contribution in [2.24, 2.45) is 5.92 Å². The third-order valence-electron chi connectivity index (χ3n) is 7.91. The molecule has 4 heterocycles. The van der Waals surface area contributed by atoms with Crippen LogP contribution in [0.25, 0.3) is 0 Å². The molecule has 2 fully saturated rings. The zero-order valence-electron chi connectivity index (χ0n) is 25.2. The number of benzene rings is 1. The van der Waals surface area contributed by atoms with Gasteiger partial charge in [-0.25, -0.2) is 14.5 Å². The molecule has 2 aliphatic heterocycles. The van der Waals surface area contributed by atoms with Crippen LogP contribution in [0.4, 0.5) is 10.5 Å². The number of piperidine rings is 2. The van der Waals surface area contributed by atoms with E-state index in [-0.39, 0.29) is 11.8 Å². The van der Waals surface area contributed by atoms with Crippen molar-refractivity contribution in [3.05, 3.63) is 53.7 Å². The SMILES string of the molecule is CC1CCN(Cc2ccc(C(=O)Nc3ccc(OC(=O)N4CCC(Sc5nnnn5CCN(C)C)CC4)nc3)cc2)CC1. The molecule has 2 saturated heterocycles. The number of likely N-dealkylation sites (N-methyl/N-ethyl adjacent to an activating group) is 1. The number of tetrazole rings is 1. The number of aromatic nitrogens is 5. The van der Waals surface area contributed by atoms with Gasteiger partial charge in [0, 0.05) is 43.1 Å². The topological polar surface area (TPSA) is 122 Å². The summed E-state index contributed by atoms with van der Waals surface area (Å²) in [5.74, 6) is 0.788. The second-order valence-electron chi connectivity index (χ2n) is 11.7. The molecule has 1 N–H and O–H groups in total. The summed E-state index contributed by atoms with van der Waals surface area (Å²) >= 11 is 1.66. The molecule has 230 valence electrons. The minimum Gasteiger partial charge on any atom is -0.391 e. The lowest BCUT2D eigenvalue weighted by atomic mass is 9.99. The molecule has 5 rings (SSSR count). The van der Waals surface area contributed by atoms with Crippen LogP contribution < -0.4 is 10.1 Å². The number of hydrogen-bond donors (Lipinski definition) is 1. The van der Waals surface area contributed by atoms with Crippen LogP contribution in [0.15, 0.2) is 47.8 Å². The van der Waals surface area contributed by atoms with Crippen molar-refractivity contribution < 1.29 is 14.3 Å². The number of thioether (sulfide) groups is 1. The third-order valence-corrected chi connectivity index (χ3v) is 9.22. The summed E-state index contributed by atoms with van der Waals surface area (Å²) in [6.07, 6.45) is 5.19. The minimum absolute atomic E-state index is 0.191. The Bertz CT molecular complexity index is 1330. The van der Waals surface area contributed by atoms with E-state index in [0.717, 1.165) is 56.6 Å². The minimum atomic E-state index is -0.428. The number of ether oxygens (including phenoxy) is 1. The molecule has 12 nitrogen and oxygen atoms in total. The summed E-state index contributed by atoms with van der Waals surface area (Å²) in [4.78, 5) is 36.0. The smallest absolute Gasteiger partial charge is 0.391 e. The van der Waals surface area contributed by atoms with Crippen LogP contribution in [0.2, 0.25) is 0 Å². The first-order chi connectivity index (χ1) is 20.8. The number of pyridine rings is 1. The fraction of sp³-hybridized carbons (Fsp3) is 0.533. The first kappa shape index (κ1) is 30.9. The Labute approximate surface area is 257 Å². The fourth-order valence-electron chi connectivity index (χ4n) is 5.13. The number of rotatable bonds is 10. The molecule has 2 amide bonds. The molecular formula is C30H41N9O3S. The predicted molar refractivity (Wildman–Crippen MR) is 165 cm³/mol. The quantitative estimate of drug-likeness (QED) is 0.364. The van der Waals surface area contributed by atoms with E-state index >= 15 is 0 Å². The van der Waals surface area contributed by atoms with Gasteiger partial charge < -0.3 is 19.9 Å². The molecule has 0 bridgehead atoms. The molecule has 0 spiro atoms. The predicted octanol–water partition coefficient (Wildman–Crippen LogP) is 3.87. The van der Waals surface area contributed by atoms with E-state index < -0.39 is 6.09 Å². The second-order valence-corrected chi connectivity index (χ2v) is 12.9. The van der Waals surface area contributed by atoms with Crippen LogP contribution in [0.1, 0.15) is 48.5 Å². The highest BCUT2D eigenvalue weighted by Gasteiger charge is 2.26. The molecule has 0 atom stereocenters. The van der Waals surface area contributed by atoms with Crippen molar-refractivity contribution >= 4 is 29.4 Å². The Morgan fingerprint density at radius 1 is 1.02 bits per heavy atom. The monoisotopic (exact) mass is 607 g/mol. The van der Waals surface area contributed by atoms with Crippen LogP contribution in [-0.4, -0.2) is 104 Å². The van der Waals surface area contributed by atoms with Crippen molar-refractivity contribution in [1.82, 2.24) is 39.9 Å². The molecule has 2 aromatic heterocycles. The van der Waals surface area contributed by atoms with Gasteiger partial charge in [0.2, 0.25) is 11.0 Å². The average Bonchev–Trinajstić information content (AvgIpc) is 3.45. The van der Waals surface area contributed by atoms with Gasteiger partial charge in [0.05, 0.1) is 18.4 Å². The van der Waals surface area contributed by atoms with Crippen LogP contribution in [0, 0.1) is 5.92 Å². The Morgan fingerprint density at radius 2 is 1.77 bits per heavy atom. The number of nitrogens with one attached hydrogen (secondary N) is 1. The van der Waals surface area contributed by atoms with Crippen molar-refractivity contribution in [2.45, 2.75) is 56.1 Å². The first-order valence-corrected chi connectivity index (χ1v) is 15.8. The lowest BCUT2D eigenvalue weighted by molar-refractivity contribution is 0.102. The van der Waals surface area contributed by atoms with Crippen LogP contribution >= 0.6 is 11.8 Å². The highest BCUT2D eigenvalue weighted by Crippen LogP contribution is 2.29. The van der Waals surface area contributed by atoms with Gasteiger partial charge in [-0.05, 0) is 93.0 Å². The number of carbonyl (C=O) groups is 2. The lowest BCUT2D eigenvalue weighted by Crippen LogP contribution is -2.41. The van der Waals surface area contributed by atoms with Crippen LogP contribution in [0.5, 0.6) is 5.88 Å². The standard InChI is InChI=1S/C30H41N9O3S/c1-22-10-14-37(15-11-22)21-23-4-6-24(7-5-23)28(40)32-25-8-9-27(31-20-25)42-30(41)38-16-12-26(13-17-38)43-29-33-34-35-39(29)19-18-36(2)3/h4-9,20,22,26H,10-19,21H2,1-3H3,(H,32,40). The van der Waals surface area contributed by atoms with E-state index in [0.29, 0.717) is 29.6 Å². The van der Waals surface area contributed by atoms with Gasteiger partial charge in [-0.15, -0.1) is 5.10 Å². The number of hydrogen-bond acceptors (Lipinski definition) is 10. The van der Waals surface area contributed by atoms with Gasteiger partial charge in [0.15, 0.2) is 0 Å². The molecule has 43 heavy (non-hydrogen) atoms. The normalized spacial score (nSPS) is 16.9. The number of anilines is 1. The second kappa shape index (κ2) is 14.8. The van der Waals surface area contributed by atoms with Crippen molar-refractivity contribution in [1.29, 1.82) is 0 Å². The Kier molecular flexibility index (Phi) is 10.6. The Morgan fingerprint density at radius 3 is 2.44 bits per heavy atom. The van der Waals surface area contributed by atoms with Gasteiger partial charge in [0.1, 0.15) is 0 Å². The molecule has 0 radical (unpaired) electrons. The summed E-state index contributed by atoms with van der Waals surface area (Å²) in [5, 5.41) is 16.1. The van der Waals surface area contributed by atoms with Crippen molar-refractivity contribution in [3.63, 3.8) is 0 Å². The van der Waals surface area contributed by atoms with Crippen LogP contribution in [0.3, 0.4) is 0 Å². The molecule has 13 heteroatoms. The molecule has 0 unspecified atom stereocenters. The zero-order chi connectivity index (χ0) is 30.2. The van der Waals surface area contributed by atoms with Gasteiger partial charge >= 0.3 is 6.09 Å². The van der Waals surface area contributed by atoms with E-state index in [4.69, 9.17) is 4.74 Å². The van der Waals surface area contributed by atoms with Crippen molar-refractivity contribution in [2.75, 3.05) is 52.1 Å². The summed E-state index contributed by atoms with van der Waals surface area (Å²) in [7, 11) is 4.04. The van der Waals surface area contributed by atoms with Crippen LogP contribution in [-0.2, 0) is 13.1 Å². The van der Waals surface area contributed by atoms with Gasteiger partial charge in [-0.1, -0.05) is 30.8 Å². The summed E-state index contributed by atoms with van der Waals surface area (Å²) in [5.41, 5.74) is 2.32. The fourth-order valence-corrected chi connectivity index (χ4v) is 6.21. The van der Waals surface area contributed by atoms with E-state index in [1.807, 2.05) is 43.0 Å². The maximum absolute atomic E-state index is 12.8. The van der Waals surface area contributed by atoms with Gasteiger partial charge in [0.25, 0.3) is 5.91 Å². The lowest BCUT2D eigenvalue weighted by Gasteiger charge is -2.30. The number of amides is 2. The molecule has 1 aromatic carbocycles. The summed E-state index contributed by atoms with van der Waals surface area (Å²) < 4.78 is 7.34. The largest absolute Gasteiger partial charge is 0.416 e. The average molecular weight is 608 g/mol. The zero-order valence-corrected chi connectivity index (χ0v) is 26.0. The number of carbonyl (C=O) groups excluding carboxylic acids is 2. The highest BCUT2D eigenvalue weighted by molar-refractivity contribution is 7.99. The Balaban J connectivity index is 1.04. The van der Waals surface area contributed by atoms with Gasteiger partial charge in [-0.3, -0.25) is 9.69 Å². The molecule has 2 aliphatic rings. The number of nitrogens with zero attached hydrogens (tertiary/aromatic N) is 8. The molecular weight excluding hydrogens is 566 g/mol. The van der Waals surface area contributed by atoms with E-state index in [1.54, 1.807) is 28.8 Å². The van der Waals surface area contributed by atoms with Crippen molar-refractivity contribution in [3.8, 4) is 5.88 Å². The summed E-state index contributed by atoms with van der Waals surface area (Å²) in [6, 6.07) is 11.0. The first-order valence-electron chi connectivity index (χ1n) is 15.0. The number of likely N-dealkylation sites (tertiary alicyclic amines) is 2. The Hall–Kier alpha value is -3.55. The maximum Gasteiger partial charge on any atom is 0.416 e. The molecule has 0 aliphatic carbocycles. The van der Waals surface area contributed by atoms with E-state index in [1.165, 1.54) is 24.6 Å². The third kappa shape index (κ3) is 8.97. The highest BCUT2D eigenvalue weighted by atomic mass is 32.2. The summed E-state index contributed by atoms with van der Waals surface area (Å²) in [6.45, 7) is 8.23. The van der Waals surface area contributed by atoms with E-state index in [9.17, 15) is 9.59 Å². The molecule has 0 saturated carbocycles. The van der Waals surface area contributed by atoms with Gasteiger partial charge in [-0.2, -0.15) is 0 Å². The molecule has 3 aromatic rings. The maximum atomic E-state index is 12.8. The van der Waals surface area contributed by atoms with E-state index in [2.05, 4.69) is 42.5 Å².